The summed E-state index contributed by atoms with van der Waals surface area (Å²) in [5.41, 5.74) is 1.26. The van der Waals surface area contributed by atoms with Crippen LogP contribution in [0, 0.1) is 0 Å². The number of alkyl halides is 3. The predicted molar refractivity (Wildman–Crippen MR) is 99.7 cm³/mol. The largest absolute Gasteiger partial charge is 0.490 e. The molecule has 0 spiro atoms. The molecular weight excluding hydrogens is 407 g/mol. The van der Waals surface area contributed by atoms with E-state index in [1.807, 2.05) is 19.0 Å². The van der Waals surface area contributed by atoms with Gasteiger partial charge in [0.25, 0.3) is 11.5 Å². The first-order chi connectivity index (χ1) is 14.0. The summed E-state index contributed by atoms with van der Waals surface area (Å²) in [5.74, 6) is -2.16. The van der Waals surface area contributed by atoms with Crippen LogP contribution in [0.25, 0.3) is 0 Å². The molecule has 0 bridgehead atoms. The van der Waals surface area contributed by atoms with E-state index in [-0.39, 0.29) is 11.5 Å². The quantitative estimate of drug-likeness (QED) is 0.761. The SMILES string of the molecule is CN(C)Cc1cc(=O)n2c(n1)CN(C(=O)c1ccc[nH]1)CCC2.O=C(O)C(F)(F)F. The first-order valence-corrected chi connectivity index (χ1v) is 8.96. The highest BCUT2D eigenvalue weighted by Gasteiger charge is 2.38. The Labute approximate surface area is 169 Å². The van der Waals surface area contributed by atoms with Gasteiger partial charge in [-0.25, -0.2) is 9.78 Å². The van der Waals surface area contributed by atoms with Crippen molar-refractivity contribution in [1.29, 1.82) is 0 Å². The van der Waals surface area contributed by atoms with Crippen molar-refractivity contribution >= 4 is 11.9 Å². The van der Waals surface area contributed by atoms with E-state index in [0.29, 0.717) is 37.7 Å². The van der Waals surface area contributed by atoms with Crippen LogP contribution in [-0.4, -0.2) is 68.1 Å². The Morgan fingerprint density at radius 3 is 2.50 bits per heavy atom. The fraction of sp³-hybridized carbons (Fsp3) is 0.444. The van der Waals surface area contributed by atoms with E-state index < -0.39 is 12.1 Å². The molecule has 0 saturated carbocycles. The molecule has 0 aromatic carbocycles. The Kier molecular flexibility index (Phi) is 7.38. The molecule has 3 heterocycles. The van der Waals surface area contributed by atoms with Crippen molar-refractivity contribution in [3.8, 4) is 0 Å². The number of carbonyl (C=O) groups excluding carboxylic acids is 1. The molecule has 0 radical (unpaired) electrons. The third-order valence-electron chi connectivity index (χ3n) is 4.12. The number of H-pyrrole nitrogens is 1. The minimum absolute atomic E-state index is 0.0407. The van der Waals surface area contributed by atoms with Gasteiger partial charge < -0.3 is 19.9 Å². The number of carbonyl (C=O) groups is 2. The highest BCUT2D eigenvalue weighted by atomic mass is 19.4. The Morgan fingerprint density at radius 1 is 1.30 bits per heavy atom. The van der Waals surface area contributed by atoms with Crippen LogP contribution in [0.2, 0.25) is 0 Å². The van der Waals surface area contributed by atoms with Crippen LogP contribution in [0.5, 0.6) is 0 Å². The van der Waals surface area contributed by atoms with Gasteiger partial charge in [-0.2, -0.15) is 13.2 Å². The lowest BCUT2D eigenvalue weighted by molar-refractivity contribution is -0.192. The smallest absolute Gasteiger partial charge is 0.475 e. The van der Waals surface area contributed by atoms with Crippen molar-refractivity contribution in [2.45, 2.75) is 32.2 Å². The summed E-state index contributed by atoms with van der Waals surface area (Å²) in [6.45, 7) is 2.17. The predicted octanol–water partition coefficient (Wildman–Crippen LogP) is 1.31. The lowest BCUT2D eigenvalue weighted by Gasteiger charge is -2.19. The molecular formula is C18H22F3N5O4. The number of nitrogens with one attached hydrogen (secondary N) is 1. The summed E-state index contributed by atoms with van der Waals surface area (Å²) in [6.07, 6.45) is -2.61. The van der Waals surface area contributed by atoms with Crippen LogP contribution in [0.3, 0.4) is 0 Å². The molecule has 1 amide bonds. The maximum Gasteiger partial charge on any atom is 0.490 e. The molecule has 164 valence electrons. The second-order valence-electron chi connectivity index (χ2n) is 6.86. The fourth-order valence-corrected chi connectivity index (χ4v) is 2.85. The van der Waals surface area contributed by atoms with Gasteiger partial charge in [-0.3, -0.25) is 14.2 Å². The van der Waals surface area contributed by atoms with E-state index in [4.69, 9.17) is 9.90 Å². The number of nitrogens with zero attached hydrogens (tertiary/aromatic N) is 4. The van der Waals surface area contributed by atoms with E-state index in [9.17, 15) is 22.8 Å². The molecule has 30 heavy (non-hydrogen) atoms. The molecule has 9 nitrogen and oxygen atoms in total. The third-order valence-corrected chi connectivity index (χ3v) is 4.12. The van der Waals surface area contributed by atoms with Gasteiger partial charge in [0.05, 0.1) is 12.2 Å². The van der Waals surface area contributed by atoms with Gasteiger partial charge in [0.15, 0.2) is 0 Å². The van der Waals surface area contributed by atoms with Gasteiger partial charge in [0, 0.05) is 31.9 Å². The number of aliphatic carboxylic acids is 1. The minimum atomic E-state index is -5.08. The van der Waals surface area contributed by atoms with Gasteiger partial charge in [-0.1, -0.05) is 0 Å². The number of fused-ring (bicyclic) bond motifs is 1. The molecule has 0 saturated heterocycles. The topological polar surface area (TPSA) is 112 Å². The summed E-state index contributed by atoms with van der Waals surface area (Å²) < 4.78 is 33.4. The number of aromatic amines is 1. The van der Waals surface area contributed by atoms with Gasteiger partial charge in [-0.15, -0.1) is 0 Å². The van der Waals surface area contributed by atoms with Crippen LogP contribution in [0.4, 0.5) is 13.2 Å². The lowest BCUT2D eigenvalue weighted by Crippen LogP contribution is -2.32. The molecule has 2 aromatic heterocycles. The van der Waals surface area contributed by atoms with Crippen molar-refractivity contribution in [3.63, 3.8) is 0 Å². The zero-order chi connectivity index (χ0) is 22.5. The molecule has 3 rings (SSSR count). The molecule has 12 heteroatoms. The molecule has 0 fully saturated rings. The van der Waals surface area contributed by atoms with Gasteiger partial charge in [-0.05, 0) is 32.6 Å². The Balaban J connectivity index is 0.000000396. The van der Waals surface area contributed by atoms with E-state index in [1.165, 1.54) is 0 Å². The number of carboxylic acid groups (broad SMARTS) is 1. The number of amides is 1. The Bertz CT molecular complexity index is 938. The summed E-state index contributed by atoms with van der Waals surface area (Å²) in [4.78, 5) is 45.0. The molecule has 1 aliphatic heterocycles. The first-order valence-electron chi connectivity index (χ1n) is 8.96. The van der Waals surface area contributed by atoms with E-state index in [2.05, 4.69) is 9.97 Å². The first kappa shape index (κ1) is 23.1. The van der Waals surface area contributed by atoms with Crippen LogP contribution < -0.4 is 5.56 Å². The van der Waals surface area contributed by atoms with Crippen LogP contribution in [0.1, 0.15) is 28.4 Å². The molecule has 0 aliphatic carbocycles. The van der Waals surface area contributed by atoms with Crippen molar-refractivity contribution in [3.05, 3.63) is 52.0 Å². The van der Waals surface area contributed by atoms with Crippen LogP contribution in [0.15, 0.2) is 29.2 Å². The molecule has 0 atom stereocenters. The highest BCUT2D eigenvalue weighted by molar-refractivity contribution is 5.92. The Hall–Kier alpha value is -3.15. The lowest BCUT2D eigenvalue weighted by atomic mass is 10.3. The molecule has 2 N–H and O–H groups in total. The number of rotatable bonds is 3. The van der Waals surface area contributed by atoms with Crippen LogP contribution >= 0.6 is 0 Å². The van der Waals surface area contributed by atoms with E-state index in [0.717, 1.165) is 12.1 Å². The number of hydrogen-bond donors (Lipinski definition) is 2. The number of aromatic nitrogens is 3. The van der Waals surface area contributed by atoms with E-state index >= 15 is 0 Å². The summed E-state index contributed by atoms with van der Waals surface area (Å²) in [6, 6.07) is 5.15. The maximum absolute atomic E-state index is 12.5. The van der Waals surface area contributed by atoms with Crippen molar-refractivity contribution in [2.75, 3.05) is 20.6 Å². The summed E-state index contributed by atoms with van der Waals surface area (Å²) in [5, 5.41) is 7.12. The zero-order valence-corrected chi connectivity index (χ0v) is 16.4. The zero-order valence-electron chi connectivity index (χ0n) is 16.4. The minimum Gasteiger partial charge on any atom is -0.475 e. The normalized spacial score (nSPS) is 13.9. The summed E-state index contributed by atoms with van der Waals surface area (Å²) in [7, 11) is 3.87. The summed E-state index contributed by atoms with van der Waals surface area (Å²) >= 11 is 0. The van der Waals surface area contributed by atoms with Gasteiger partial charge in [0.1, 0.15) is 11.5 Å². The molecule has 0 unspecified atom stereocenters. The second-order valence-corrected chi connectivity index (χ2v) is 6.86. The van der Waals surface area contributed by atoms with Gasteiger partial charge in [0.2, 0.25) is 0 Å². The van der Waals surface area contributed by atoms with Crippen molar-refractivity contribution in [1.82, 2.24) is 24.3 Å². The maximum atomic E-state index is 12.5. The average Bonchev–Trinajstić information content (AvgIpc) is 3.07. The third kappa shape index (κ3) is 6.17. The second kappa shape index (κ2) is 9.57. The monoisotopic (exact) mass is 429 g/mol. The van der Waals surface area contributed by atoms with E-state index in [1.54, 1.807) is 33.9 Å². The van der Waals surface area contributed by atoms with Gasteiger partial charge >= 0.3 is 12.1 Å². The number of halogens is 3. The number of carboxylic acids is 1. The molecule has 2 aromatic rings. The Morgan fingerprint density at radius 2 is 1.97 bits per heavy atom. The number of hydrogen-bond acceptors (Lipinski definition) is 5. The standard InChI is InChI=1S/C16H21N5O2.C2HF3O2/c1-19(2)10-12-9-15(22)21-8-4-7-20(11-14(21)18-12)16(23)13-5-3-6-17-13;3-2(4,5)1(6)7/h3,5-6,9,17H,4,7-8,10-11H2,1-2H3;(H,6,7). The molecule has 1 aliphatic rings. The average molecular weight is 429 g/mol. The fourth-order valence-electron chi connectivity index (χ4n) is 2.85. The van der Waals surface area contributed by atoms with Crippen molar-refractivity contribution in [2.24, 2.45) is 0 Å². The van der Waals surface area contributed by atoms with Crippen molar-refractivity contribution < 1.29 is 27.9 Å². The van der Waals surface area contributed by atoms with Crippen LogP contribution in [-0.2, 0) is 24.4 Å². The highest BCUT2D eigenvalue weighted by Crippen LogP contribution is 2.14.